The molecule has 0 atom stereocenters. The second-order valence-corrected chi connectivity index (χ2v) is 8.27. The van der Waals surface area contributed by atoms with Crippen LogP contribution in [0.15, 0.2) is 103 Å². The molecule has 0 aliphatic heterocycles. The van der Waals surface area contributed by atoms with E-state index in [0.717, 1.165) is 50.3 Å². The molecule has 0 fully saturated rings. The number of hydrogen-bond donors (Lipinski definition) is 2. The number of para-hydroxylation sites is 3. The Morgan fingerprint density at radius 3 is 1.65 bits per heavy atom. The molecule has 0 bridgehead atoms. The van der Waals surface area contributed by atoms with Gasteiger partial charge in [0.1, 0.15) is 5.75 Å². The number of nitrogen functional groups attached to an aromatic ring is 2. The molecule has 0 spiro atoms. The van der Waals surface area contributed by atoms with Gasteiger partial charge in [-0.3, -0.25) is 0 Å². The summed E-state index contributed by atoms with van der Waals surface area (Å²) >= 11 is 0. The van der Waals surface area contributed by atoms with Crippen molar-refractivity contribution in [3.05, 3.63) is 103 Å². The van der Waals surface area contributed by atoms with Gasteiger partial charge in [-0.1, -0.05) is 60.7 Å². The molecule has 2 heterocycles. The van der Waals surface area contributed by atoms with Crippen LogP contribution >= 0.6 is 0 Å². The Hall–Kier alpha value is -4.64. The third-order valence-electron chi connectivity index (χ3n) is 6.38. The van der Waals surface area contributed by atoms with Crippen molar-refractivity contribution in [2.75, 3.05) is 18.6 Å². The first-order chi connectivity index (χ1) is 16.7. The Labute approximate surface area is 197 Å². The maximum absolute atomic E-state index is 6.90. The van der Waals surface area contributed by atoms with E-state index >= 15 is 0 Å². The van der Waals surface area contributed by atoms with E-state index in [2.05, 4.69) is 51.6 Å². The zero-order valence-electron chi connectivity index (χ0n) is 18.8. The fourth-order valence-corrected chi connectivity index (χ4v) is 4.86. The van der Waals surface area contributed by atoms with Crippen LogP contribution in [0.25, 0.3) is 44.6 Å². The predicted molar refractivity (Wildman–Crippen MR) is 141 cm³/mol. The van der Waals surface area contributed by atoms with Gasteiger partial charge in [0, 0.05) is 28.2 Å². The van der Waals surface area contributed by atoms with Crippen molar-refractivity contribution in [3.8, 4) is 28.5 Å². The number of fused-ring (bicyclic) bond motifs is 2. The molecule has 0 saturated heterocycles. The summed E-state index contributed by atoms with van der Waals surface area (Å²) < 4.78 is 9.91. The van der Waals surface area contributed by atoms with Gasteiger partial charge in [-0.15, -0.1) is 0 Å². The molecule has 6 rings (SSSR count). The molecule has 0 unspecified atom stereocenters. The largest absolute Gasteiger partial charge is 0.497 e. The minimum atomic E-state index is 0.685. The lowest BCUT2D eigenvalue weighted by atomic mass is 10.1. The van der Waals surface area contributed by atoms with E-state index in [-0.39, 0.29) is 0 Å². The molecule has 4 aromatic carbocycles. The van der Waals surface area contributed by atoms with E-state index in [0.29, 0.717) is 11.4 Å². The summed E-state index contributed by atoms with van der Waals surface area (Å²) in [5.74, 6) is 0.774. The zero-order valence-corrected chi connectivity index (χ0v) is 18.8. The number of benzene rings is 4. The number of nitrogens with two attached hydrogens (primary N) is 2. The van der Waals surface area contributed by atoms with Gasteiger partial charge >= 0.3 is 0 Å². The van der Waals surface area contributed by atoms with Crippen molar-refractivity contribution < 1.29 is 4.74 Å². The van der Waals surface area contributed by atoms with Crippen LogP contribution in [0.2, 0.25) is 0 Å². The van der Waals surface area contributed by atoms with Gasteiger partial charge < -0.3 is 25.3 Å². The van der Waals surface area contributed by atoms with Crippen molar-refractivity contribution in [2.45, 2.75) is 0 Å². The highest BCUT2D eigenvalue weighted by Gasteiger charge is 2.26. The quantitative estimate of drug-likeness (QED) is 0.330. The lowest BCUT2D eigenvalue weighted by Crippen LogP contribution is -2.05. The number of rotatable bonds is 4. The summed E-state index contributed by atoms with van der Waals surface area (Å²) in [5.41, 5.74) is 20.9. The molecular formula is C29H24N4O. The molecule has 5 nitrogen and oxygen atoms in total. The highest BCUT2D eigenvalue weighted by Crippen LogP contribution is 2.45. The Morgan fingerprint density at radius 2 is 1.06 bits per heavy atom. The smallest absolute Gasteiger partial charge is 0.120 e. The number of methoxy groups -OCH3 is 1. The van der Waals surface area contributed by atoms with Crippen molar-refractivity contribution in [2.24, 2.45) is 0 Å². The van der Waals surface area contributed by atoms with E-state index in [1.807, 2.05) is 60.7 Å². The summed E-state index contributed by atoms with van der Waals surface area (Å²) in [5, 5.41) is 1.97. The third-order valence-corrected chi connectivity index (χ3v) is 6.38. The van der Waals surface area contributed by atoms with Gasteiger partial charge in [-0.25, -0.2) is 0 Å². The lowest BCUT2D eigenvalue weighted by Gasteiger charge is -2.16. The summed E-state index contributed by atoms with van der Waals surface area (Å²) in [6.07, 6.45) is 0. The average Bonchev–Trinajstić information content (AvgIpc) is 3.35. The molecule has 5 heteroatoms. The van der Waals surface area contributed by atoms with Crippen LogP contribution < -0.4 is 16.2 Å². The lowest BCUT2D eigenvalue weighted by molar-refractivity contribution is 0.414. The van der Waals surface area contributed by atoms with Crippen molar-refractivity contribution >= 4 is 33.2 Å². The standard InChI is InChI=1S/C29H24N4O/c1-34-21-13-9-12-20(18-21)33-25-17-8-6-15-23(25)27(31)29(33)28-26(30)22-14-5-7-16-24(22)32(28)19-10-3-2-4-11-19/h2-18H,30-31H2,1H3. The number of hydrogen-bond acceptors (Lipinski definition) is 3. The van der Waals surface area contributed by atoms with Gasteiger partial charge in [-0.2, -0.15) is 0 Å². The first-order valence-electron chi connectivity index (χ1n) is 11.2. The maximum atomic E-state index is 6.90. The topological polar surface area (TPSA) is 71.1 Å². The molecule has 166 valence electrons. The monoisotopic (exact) mass is 444 g/mol. The van der Waals surface area contributed by atoms with Crippen molar-refractivity contribution in [1.29, 1.82) is 0 Å². The maximum Gasteiger partial charge on any atom is 0.120 e. The van der Waals surface area contributed by atoms with E-state index in [1.165, 1.54) is 0 Å². The minimum Gasteiger partial charge on any atom is -0.497 e. The number of ether oxygens (including phenoxy) is 1. The predicted octanol–water partition coefficient (Wildman–Crippen LogP) is 6.41. The summed E-state index contributed by atoms with van der Waals surface area (Å²) in [6.45, 7) is 0. The van der Waals surface area contributed by atoms with Crippen LogP contribution in [0.5, 0.6) is 5.75 Å². The normalized spacial score (nSPS) is 11.3. The van der Waals surface area contributed by atoms with E-state index in [4.69, 9.17) is 16.2 Å². The van der Waals surface area contributed by atoms with Crippen LogP contribution in [-0.4, -0.2) is 16.2 Å². The molecule has 0 amide bonds. The van der Waals surface area contributed by atoms with Gasteiger partial charge in [0.05, 0.1) is 40.9 Å². The second kappa shape index (κ2) is 7.74. The van der Waals surface area contributed by atoms with Gasteiger partial charge in [0.25, 0.3) is 0 Å². The van der Waals surface area contributed by atoms with Crippen LogP contribution in [0, 0.1) is 0 Å². The van der Waals surface area contributed by atoms with Crippen LogP contribution in [0.1, 0.15) is 0 Å². The molecular weight excluding hydrogens is 420 g/mol. The van der Waals surface area contributed by atoms with Gasteiger partial charge in [0.15, 0.2) is 0 Å². The first kappa shape index (κ1) is 20.0. The highest BCUT2D eigenvalue weighted by molar-refractivity contribution is 6.09. The molecule has 4 N–H and O–H groups in total. The fourth-order valence-electron chi connectivity index (χ4n) is 4.86. The van der Waals surface area contributed by atoms with Gasteiger partial charge in [0.2, 0.25) is 0 Å². The molecule has 2 aromatic heterocycles. The summed E-state index contributed by atoms with van der Waals surface area (Å²) in [6, 6.07) is 34.6. The van der Waals surface area contributed by atoms with Crippen molar-refractivity contribution in [1.82, 2.24) is 9.13 Å². The Morgan fingerprint density at radius 1 is 0.559 bits per heavy atom. The van der Waals surface area contributed by atoms with Gasteiger partial charge in [-0.05, 0) is 36.4 Å². The highest BCUT2D eigenvalue weighted by atomic mass is 16.5. The third kappa shape index (κ3) is 2.87. The SMILES string of the molecule is COc1cccc(-n2c(-c3c(N)c4ccccc4n3-c3ccccc3)c(N)c3ccccc32)c1. The zero-order chi connectivity index (χ0) is 23.2. The molecule has 0 radical (unpaired) electrons. The Kier molecular flexibility index (Phi) is 4.56. The van der Waals surface area contributed by atoms with Crippen LogP contribution in [-0.2, 0) is 0 Å². The first-order valence-corrected chi connectivity index (χ1v) is 11.2. The molecule has 34 heavy (non-hydrogen) atoms. The molecule has 6 aromatic rings. The average molecular weight is 445 g/mol. The van der Waals surface area contributed by atoms with E-state index in [1.54, 1.807) is 7.11 Å². The molecule has 0 aliphatic carbocycles. The second-order valence-electron chi connectivity index (χ2n) is 8.27. The summed E-state index contributed by atoms with van der Waals surface area (Å²) in [7, 11) is 1.67. The van der Waals surface area contributed by atoms with Crippen molar-refractivity contribution in [3.63, 3.8) is 0 Å². The van der Waals surface area contributed by atoms with Crippen LogP contribution in [0.3, 0.4) is 0 Å². The fraction of sp³-hybridized carbons (Fsp3) is 0.0345. The Balaban J connectivity index is 1.80. The van der Waals surface area contributed by atoms with E-state index < -0.39 is 0 Å². The van der Waals surface area contributed by atoms with E-state index in [9.17, 15) is 0 Å². The summed E-state index contributed by atoms with van der Waals surface area (Å²) in [4.78, 5) is 0. The minimum absolute atomic E-state index is 0.685. The number of aromatic nitrogens is 2. The molecule has 0 saturated carbocycles. The number of nitrogens with zero attached hydrogens (tertiary/aromatic N) is 2. The number of anilines is 2. The van der Waals surface area contributed by atoms with Crippen LogP contribution in [0.4, 0.5) is 11.4 Å². The molecule has 0 aliphatic rings. The Bertz CT molecular complexity index is 1660.